The summed E-state index contributed by atoms with van der Waals surface area (Å²) in [5.41, 5.74) is 2.55. The zero-order valence-corrected chi connectivity index (χ0v) is 13.5. The number of aliphatic hydroxyl groups is 1. The van der Waals surface area contributed by atoms with Gasteiger partial charge in [0.25, 0.3) is 0 Å². The molecule has 2 heterocycles. The summed E-state index contributed by atoms with van der Waals surface area (Å²) in [6.45, 7) is 3.83. The first-order valence-electron chi connectivity index (χ1n) is 8.21. The van der Waals surface area contributed by atoms with Gasteiger partial charge in [0.05, 0.1) is 0 Å². The molecular formula is C19H23FN2O. The Kier molecular flexibility index (Phi) is 5.03. The molecule has 0 bridgehead atoms. The summed E-state index contributed by atoms with van der Waals surface area (Å²) in [6.07, 6.45) is 5.54. The first kappa shape index (κ1) is 16.1. The molecule has 0 spiro atoms. The third-order valence-electron chi connectivity index (χ3n) is 4.81. The van der Waals surface area contributed by atoms with E-state index >= 15 is 0 Å². The number of rotatable bonds is 4. The lowest BCUT2D eigenvalue weighted by molar-refractivity contribution is 0.0763. The van der Waals surface area contributed by atoms with Gasteiger partial charge in [-0.2, -0.15) is 0 Å². The highest BCUT2D eigenvalue weighted by atomic mass is 19.1. The van der Waals surface area contributed by atoms with E-state index in [0.29, 0.717) is 24.1 Å². The van der Waals surface area contributed by atoms with Gasteiger partial charge in [0.15, 0.2) is 0 Å². The molecule has 1 N–H and O–H groups in total. The Morgan fingerprint density at radius 2 is 1.96 bits per heavy atom. The molecule has 23 heavy (non-hydrogen) atoms. The third-order valence-corrected chi connectivity index (χ3v) is 4.81. The van der Waals surface area contributed by atoms with Crippen LogP contribution in [0.25, 0.3) is 11.1 Å². The Hall–Kier alpha value is -1.78. The second kappa shape index (κ2) is 7.20. The molecule has 3 nitrogen and oxygen atoms in total. The van der Waals surface area contributed by atoms with Gasteiger partial charge >= 0.3 is 0 Å². The summed E-state index contributed by atoms with van der Waals surface area (Å²) < 4.78 is 14.5. The van der Waals surface area contributed by atoms with Crippen molar-refractivity contribution in [2.24, 2.45) is 5.92 Å². The smallest absolute Gasteiger partial charge is 0.128 e. The monoisotopic (exact) mass is 314 g/mol. The van der Waals surface area contributed by atoms with Gasteiger partial charge in [0.1, 0.15) is 5.82 Å². The van der Waals surface area contributed by atoms with Crippen LogP contribution in [-0.4, -0.2) is 34.2 Å². The molecule has 2 unspecified atom stereocenters. The van der Waals surface area contributed by atoms with Crippen molar-refractivity contribution in [3.63, 3.8) is 0 Å². The molecular weight excluding hydrogens is 291 g/mol. The van der Waals surface area contributed by atoms with Gasteiger partial charge in [0, 0.05) is 43.7 Å². The van der Waals surface area contributed by atoms with E-state index in [4.69, 9.17) is 0 Å². The van der Waals surface area contributed by atoms with E-state index in [1.54, 1.807) is 18.5 Å². The second-order valence-corrected chi connectivity index (χ2v) is 6.45. The molecule has 1 aliphatic heterocycles. The first-order valence-corrected chi connectivity index (χ1v) is 8.21. The number of pyridine rings is 1. The van der Waals surface area contributed by atoms with Gasteiger partial charge in [-0.05, 0) is 55.0 Å². The Morgan fingerprint density at radius 1 is 1.17 bits per heavy atom. The molecule has 1 aromatic carbocycles. The summed E-state index contributed by atoms with van der Waals surface area (Å²) in [5.74, 6) is 0.142. The van der Waals surface area contributed by atoms with Crippen LogP contribution in [0.1, 0.15) is 25.3 Å². The topological polar surface area (TPSA) is 36.4 Å². The van der Waals surface area contributed by atoms with Crippen molar-refractivity contribution in [1.82, 2.24) is 9.88 Å². The molecule has 0 radical (unpaired) electrons. The maximum Gasteiger partial charge on any atom is 0.128 e. The van der Waals surface area contributed by atoms with E-state index in [9.17, 15) is 9.50 Å². The van der Waals surface area contributed by atoms with E-state index in [1.165, 1.54) is 0 Å². The van der Waals surface area contributed by atoms with Crippen LogP contribution in [0, 0.1) is 11.7 Å². The molecule has 2 aromatic rings. The summed E-state index contributed by atoms with van der Waals surface area (Å²) in [5, 5.41) is 9.37. The SMILES string of the molecule is CC1CCC(CO)CN1Cc1ccc(-c2ccncc2)cc1F. The van der Waals surface area contributed by atoms with Crippen LogP contribution >= 0.6 is 0 Å². The molecule has 1 fully saturated rings. The van der Waals surface area contributed by atoms with E-state index in [1.807, 2.05) is 24.3 Å². The van der Waals surface area contributed by atoms with Gasteiger partial charge in [-0.15, -0.1) is 0 Å². The molecule has 1 aliphatic rings. The Balaban J connectivity index is 1.76. The number of likely N-dealkylation sites (tertiary alicyclic amines) is 1. The standard InChI is InChI=1S/C19H23FN2O/c1-14-2-3-15(13-23)11-22(14)12-18-5-4-17(10-19(18)20)16-6-8-21-9-7-16/h4-10,14-15,23H,2-3,11-13H2,1H3. The first-order chi connectivity index (χ1) is 11.2. The van der Waals surface area contributed by atoms with Crippen molar-refractivity contribution in [2.45, 2.75) is 32.4 Å². The fourth-order valence-corrected chi connectivity index (χ4v) is 3.25. The van der Waals surface area contributed by atoms with Crippen LogP contribution in [0.3, 0.4) is 0 Å². The van der Waals surface area contributed by atoms with Crippen molar-refractivity contribution in [3.05, 3.63) is 54.1 Å². The summed E-state index contributed by atoms with van der Waals surface area (Å²) >= 11 is 0. The fraction of sp³-hybridized carbons (Fsp3) is 0.421. The molecule has 3 rings (SSSR count). The predicted molar refractivity (Wildman–Crippen MR) is 89.3 cm³/mol. The van der Waals surface area contributed by atoms with Gasteiger partial charge in [-0.3, -0.25) is 9.88 Å². The molecule has 1 aromatic heterocycles. The third kappa shape index (κ3) is 3.77. The van der Waals surface area contributed by atoms with Crippen molar-refractivity contribution >= 4 is 0 Å². The molecule has 0 aliphatic carbocycles. The Bertz CT molecular complexity index is 647. The zero-order valence-electron chi connectivity index (χ0n) is 13.5. The van der Waals surface area contributed by atoms with Crippen LogP contribution in [0.5, 0.6) is 0 Å². The molecule has 2 atom stereocenters. The van der Waals surface area contributed by atoms with Crippen molar-refractivity contribution in [1.29, 1.82) is 0 Å². The van der Waals surface area contributed by atoms with Crippen LogP contribution in [0.4, 0.5) is 4.39 Å². The second-order valence-electron chi connectivity index (χ2n) is 6.45. The van der Waals surface area contributed by atoms with Crippen molar-refractivity contribution in [2.75, 3.05) is 13.2 Å². The number of halogens is 1. The number of hydrogen-bond donors (Lipinski definition) is 1. The normalized spacial score (nSPS) is 22.2. The van der Waals surface area contributed by atoms with Crippen LogP contribution in [0.15, 0.2) is 42.7 Å². The Labute approximate surface area is 136 Å². The van der Waals surface area contributed by atoms with Crippen LogP contribution < -0.4 is 0 Å². The number of aromatic nitrogens is 1. The lowest BCUT2D eigenvalue weighted by Crippen LogP contribution is -2.42. The van der Waals surface area contributed by atoms with Crippen LogP contribution in [0.2, 0.25) is 0 Å². The minimum atomic E-state index is -0.169. The molecule has 122 valence electrons. The predicted octanol–water partition coefficient (Wildman–Crippen LogP) is 3.48. The summed E-state index contributed by atoms with van der Waals surface area (Å²) in [6, 6.07) is 9.63. The average molecular weight is 314 g/mol. The summed E-state index contributed by atoms with van der Waals surface area (Å²) in [7, 11) is 0. The zero-order chi connectivity index (χ0) is 16.2. The minimum Gasteiger partial charge on any atom is -0.396 e. The maximum absolute atomic E-state index is 14.5. The van der Waals surface area contributed by atoms with Gasteiger partial charge in [-0.25, -0.2) is 4.39 Å². The molecule has 1 saturated heterocycles. The van der Waals surface area contributed by atoms with E-state index < -0.39 is 0 Å². The van der Waals surface area contributed by atoms with Crippen LogP contribution in [-0.2, 0) is 6.54 Å². The lowest BCUT2D eigenvalue weighted by atomic mass is 9.93. The maximum atomic E-state index is 14.5. The van der Waals surface area contributed by atoms with E-state index in [2.05, 4.69) is 16.8 Å². The minimum absolute atomic E-state index is 0.169. The van der Waals surface area contributed by atoms with Gasteiger partial charge in [0.2, 0.25) is 0 Å². The summed E-state index contributed by atoms with van der Waals surface area (Å²) in [4.78, 5) is 6.26. The molecule has 0 saturated carbocycles. The highest BCUT2D eigenvalue weighted by Crippen LogP contribution is 2.26. The fourth-order valence-electron chi connectivity index (χ4n) is 3.25. The quantitative estimate of drug-likeness (QED) is 0.938. The van der Waals surface area contributed by atoms with E-state index in [0.717, 1.165) is 30.5 Å². The number of benzene rings is 1. The highest BCUT2D eigenvalue weighted by Gasteiger charge is 2.25. The van der Waals surface area contributed by atoms with Gasteiger partial charge in [-0.1, -0.05) is 12.1 Å². The van der Waals surface area contributed by atoms with Gasteiger partial charge < -0.3 is 5.11 Å². The molecule has 4 heteroatoms. The highest BCUT2D eigenvalue weighted by molar-refractivity contribution is 5.63. The number of piperidine rings is 1. The number of hydrogen-bond acceptors (Lipinski definition) is 3. The molecule has 0 amide bonds. The number of nitrogens with zero attached hydrogens (tertiary/aromatic N) is 2. The van der Waals surface area contributed by atoms with E-state index in [-0.39, 0.29) is 12.4 Å². The lowest BCUT2D eigenvalue weighted by Gasteiger charge is -2.37. The average Bonchev–Trinajstić information content (AvgIpc) is 2.59. The number of aliphatic hydroxyl groups excluding tert-OH is 1. The van der Waals surface area contributed by atoms with Crippen molar-refractivity contribution < 1.29 is 9.50 Å². The van der Waals surface area contributed by atoms with Crippen molar-refractivity contribution in [3.8, 4) is 11.1 Å². The Morgan fingerprint density at radius 3 is 2.65 bits per heavy atom. The largest absolute Gasteiger partial charge is 0.396 e.